The third-order valence-electron chi connectivity index (χ3n) is 7.37. The van der Waals surface area contributed by atoms with Crippen LogP contribution in [0.1, 0.15) is 29.5 Å². The molecule has 3 aromatic rings. The minimum absolute atomic E-state index is 0.186. The Morgan fingerprint density at radius 3 is 2.00 bits per heavy atom. The van der Waals surface area contributed by atoms with Crippen LogP contribution in [-0.2, 0) is 26.3 Å². The van der Waals surface area contributed by atoms with Gasteiger partial charge in [-0.2, -0.15) is 0 Å². The minimum Gasteiger partial charge on any atom is -0.438 e. The summed E-state index contributed by atoms with van der Waals surface area (Å²) in [5.41, 5.74) is 4.40. The second-order valence-electron chi connectivity index (χ2n) is 9.46. The molecule has 186 valence electrons. The number of piperazine rings is 1. The predicted octanol–water partition coefficient (Wildman–Crippen LogP) is 4.86. The van der Waals surface area contributed by atoms with E-state index in [-0.39, 0.29) is 5.91 Å². The van der Waals surface area contributed by atoms with Crippen LogP contribution in [0.3, 0.4) is 0 Å². The summed E-state index contributed by atoms with van der Waals surface area (Å²) in [4.78, 5) is 29.5. The van der Waals surface area contributed by atoms with Gasteiger partial charge >= 0.3 is 6.16 Å². The number of fused-ring (bicyclic) bond motifs is 3. The summed E-state index contributed by atoms with van der Waals surface area (Å²) >= 11 is 0. The Labute approximate surface area is 212 Å². The summed E-state index contributed by atoms with van der Waals surface area (Å²) in [6.07, 6.45) is 1.28. The number of benzene rings is 3. The quantitative estimate of drug-likeness (QED) is 0.448. The van der Waals surface area contributed by atoms with Crippen LogP contribution in [0.2, 0.25) is 0 Å². The molecule has 0 unspecified atom stereocenters. The van der Waals surface area contributed by atoms with Crippen molar-refractivity contribution in [2.45, 2.75) is 24.9 Å². The zero-order valence-corrected chi connectivity index (χ0v) is 20.7. The van der Waals surface area contributed by atoms with Crippen LogP contribution in [0, 0.1) is 0 Å². The molecule has 1 aliphatic heterocycles. The molecule has 1 fully saturated rings. The van der Waals surface area contributed by atoms with Crippen LogP contribution in [0.5, 0.6) is 0 Å². The first kappa shape index (κ1) is 24.1. The average Bonchev–Trinajstić information content (AvgIpc) is 3.19. The summed E-state index contributed by atoms with van der Waals surface area (Å²) in [5, 5.41) is 0. The fourth-order valence-corrected chi connectivity index (χ4v) is 5.55. The summed E-state index contributed by atoms with van der Waals surface area (Å²) in [6, 6.07) is 26.2. The summed E-state index contributed by atoms with van der Waals surface area (Å²) in [7, 11) is 1.35. The van der Waals surface area contributed by atoms with Crippen molar-refractivity contribution in [1.29, 1.82) is 0 Å². The maximum absolute atomic E-state index is 12.7. The van der Waals surface area contributed by atoms with E-state index >= 15 is 0 Å². The van der Waals surface area contributed by atoms with Crippen molar-refractivity contribution >= 4 is 12.1 Å². The second kappa shape index (κ2) is 10.5. The third-order valence-corrected chi connectivity index (χ3v) is 7.37. The van der Waals surface area contributed by atoms with E-state index in [1.54, 1.807) is 0 Å². The van der Waals surface area contributed by atoms with Crippen molar-refractivity contribution in [3.05, 3.63) is 95.6 Å². The summed E-state index contributed by atoms with van der Waals surface area (Å²) in [6.45, 7) is 4.04. The Morgan fingerprint density at radius 2 is 1.39 bits per heavy atom. The Kier molecular flexibility index (Phi) is 7.05. The molecule has 2 aliphatic rings. The Bertz CT molecular complexity index is 1170. The maximum Gasteiger partial charge on any atom is 0.509 e. The van der Waals surface area contributed by atoms with E-state index in [4.69, 9.17) is 9.47 Å². The van der Waals surface area contributed by atoms with Crippen molar-refractivity contribution in [1.82, 2.24) is 9.80 Å². The highest BCUT2D eigenvalue weighted by molar-refractivity contribution is 5.81. The first-order chi connectivity index (χ1) is 17.6. The van der Waals surface area contributed by atoms with Gasteiger partial charge in [0.15, 0.2) is 5.60 Å². The van der Waals surface area contributed by atoms with Gasteiger partial charge in [-0.15, -0.1) is 0 Å². The smallest absolute Gasteiger partial charge is 0.438 e. The molecule has 6 nitrogen and oxygen atoms in total. The molecule has 0 saturated carbocycles. The van der Waals surface area contributed by atoms with Crippen LogP contribution < -0.4 is 0 Å². The van der Waals surface area contributed by atoms with Gasteiger partial charge in [-0.25, -0.2) is 4.79 Å². The van der Waals surface area contributed by atoms with Gasteiger partial charge in [0, 0.05) is 37.3 Å². The first-order valence-electron chi connectivity index (χ1n) is 12.6. The standard InChI is InChI=1S/C30H32N2O4/c1-35-29(34)36-30(26-14-7-5-12-24(26)25-13-6-8-15-27(25)30)16-9-17-31-18-20-32(21-19-31)28(33)22-23-10-3-2-4-11-23/h2-8,10-15H,9,16-22H2,1H3. The third kappa shape index (κ3) is 4.73. The van der Waals surface area contributed by atoms with Crippen molar-refractivity contribution in [3.63, 3.8) is 0 Å². The van der Waals surface area contributed by atoms with Gasteiger partial charge in [-0.1, -0.05) is 78.9 Å². The van der Waals surface area contributed by atoms with E-state index in [9.17, 15) is 9.59 Å². The SMILES string of the molecule is COC(=O)OC1(CCCN2CCN(C(=O)Cc3ccccc3)CC2)c2ccccc2-c2ccccc21. The highest BCUT2D eigenvalue weighted by Crippen LogP contribution is 2.52. The fraction of sp³-hybridized carbons (Fsp3) is 0.333. The van der Waals surface area contributed by atoms with Crippen molar-refractivity contribution in [2.75, 3.05) is 39.8 Å². The molecular weight excluding hydrogens is 452 g/mol. The zero-order chi connectivity index (χ0) is 25.0. The lowest BCUT2D eigenvalue weighted by molar-refractivity contribution is -0.132. The molecule has 3 aromatic carbocycles. The van der Waals surface area contributed by atoms with Gasteiger partial charge in [-0.3, -0.25) is 9.69 Å². The second-order valence-corrected chi connectivity index (χ2v) is 9.46. The monoisotopic (exact) mass is 484 g/mol. The van der Waals surface area contributed by atoms with Gasteiger partial charge < -0.3 is 14.4 Å². The molecule has 0 atom stereocenters. The molecule has 36 heavy (non-hydrogen) atoms. The van der Waals surface area contributed by atoms with E-state index < -0.39 is 11.8 Å². The molecule has 0 radical (unpaired) electrons. The minimum atomic E-state index is -0.867. The lowest BCUT2D eigenvalue weighted by atomic mass is 9.86. The van der Waals surface area contributed by atoms with E-state index in [1.807, 2.05) is 59.5 Å². The molecule has 6 heteroatoms. The number of hydrogen-bond donors (Lipinski definition) is 0. The van der Waals surface area contributed by atoms with Gasteiger partial charge in [0.1, 0.15) is 0 Å². The zero-order valence-electron chi connectivity index (χ0n) is 20.7. The number of ether oxygens (including phenoxy) is 2. The Morgan fingerprint density at radius 1 is 0.806 bits per heavy atom. The number of nitrogens with zero attached hydrogens (tertiary/aromatic N) is 2. The molecule has 1 heterocycles. The van der Waals surface area contributed by atoms with Crippen molar-refractivity contribution in [3.8, 4) is 11.1 Å². The van der Waals surface area contributed by atoms with Crippen molar-refractivity contribution < 1.29 is 19.1 Å². The van der Waals surface area contributed by atoms with Crippen molar-refractivity contribution in [2.24, 2.45) is 0 Å². The van der Waals surface area contributed by atoms with Crippen LogP contribution >= 0.6 is 0 Å². The Hall–Kier alpha value is -3.64. The highest BCUT2D eigenvalue weighted by atomic mass is 16.7. The van der Waals surface area contributed by atoms with E-state index in [0.717, 1.165) is 67.0 Å². The van der Waals surface area contributed by atoms with Crippen LogP contribution in [0.25, 0.3) is 11.1 Å². The predicted molar refractivity (Wildman–Crippen MR) is 139 cm³/mol. The lowest BCUT2D eigenvalue weighted by Gasteiger charge is -2.36. The normalized spacial score (nSPS) is 16.2. The lowest BCUT2D eigenvalue weighted by Crippen LogP contribution is -2.49. The van der Waals surface area contributed by atoms with Crippen LogP contribution in [0.15, 0.2) is 78.9 Å². The van der Waals surface area contributed by atoms with E-state index in [1.165, 1.54) is 7.11 Å². The molecule has 1 amide bonds. The first-order valence-corrected chi connectivity index (χ1v) is 12.6. The van der Waals surface area contributed by atoms with Gasteiger partial charge in [0.25, 0.3) is 0 Å². The largest absolute Gasteiger partial charge is 0.509 e. The molecule has 0 aromatic heterocycles. The molecule has 0 N–H and O–H groups in total. The molecule has 5 rings (SSSR count). The number of methoxy groups -OCH3 is 1. The Balaban J connectivity index is 1.23. The highest BCUT2D eigenvalue weighted by Gasteiger charge is 2.46. The maximum atomic E-state index is 12.7. The van der Waals surface area contributed by atoms with Crippen LogP contribution in [0.4, 0.5) is 4.79 Å². The van der Waals surface area contributed by atoms with Gasteiger partial charge in [-0.05, 0) is 36.1 Å². The van der Waals surface area contributed by atoms with Gasteiger partial charge in [0.2, 0.25) is 5.91 Å². The molecule has 1 aliphatic carbocycles. The number of hydrogen-bond acceptors (Lipinski definition) is 5. The summed E-state index contributed by atoms with van der Waals surface area (Å²) in [5.74, 6) is 0.186. The van der Waals surface area contributed by atoms with E-state index in [2.05, 4.69) is 29.2 Å². The van der Waals surface area contributed by atoms with Gasteiger partial charge in [0.05, 0.1) is 13.5 Å². The average molecular weight is 485 g/mol. The number of carbonyl (C=O) groups is 2. The molecular formula is C30H32N2O4. The fourth-order valence-electron chi connectivity index (χ4n) is 5.55. The molecule has 0 bridgehead atoms. The topological polar surface area (TPSA) is 59.1 Å². The molecule has 0 spiro atoms. The van der Waals surface area contributed by atoms with Crippen LogP contribution in [-0.4, -0.2) is 61.7 Å². The van der Waals surface area contributed by atoms with E-state index in [0.29, 0.717) is 12.8 Å². The number of amides is 1. The summed E-state index contributed by atoms with van der Waals surface area (Å²) < 4.78 is 11.0. The molecule has 1 saturated heterocycles. The number of rotatable bonds is 7. The number of carbonyl (C=O) groups excluding carboxylic acids is 2.